The number of benzene rings is 1. The van der Waals surface area contributed by atoms with Crippen molar-refractivity contribution < 1.29 is 9.47 Å². The highest BCUT2D eigenvalue weighted by atomic mass is 16.5. The van der Waals surface area contributed by atoms with Crippen LogP contribution in [0.25, 0.3) is 11.3 Å². The average Bonchev–Trinajstić information content (AvgIpc) is 2.71. The van der Waals surface area contributed by atoms with Gasteiger partial charge in [0.15, 0.2) is 11.5 Å². The fourth-order valence-corrected chi connectivity index (χ4v) is 2.25. The van der Waals surface area contributed by atoms with Gasteiger partial charge in [-0.15, -0.1) is 0 Å². The smallest absolute Gasteiger partial charge is 0.161 e. The minimum Gasteiger partial charge on any atom is -0.490 e. The van der Waals surface area contributed by atoms with E-state index in [4.69, 9.17) is 14.7 Å². The number of pyridine rings is 1. The first-order valence-corrected chi connectivity index (χ1v) is 6.55. The first-order valence-electron chi connectivity index (χ1n) is 6.55. The van der Waals surface area contributed by atoms with E-state index in [1.54, 1.807) is 6.20 Å². The molecule has 0 radical (unpaired) electrons. The standard InChI is InChI=1S/C16H14N2O2/c1-11-7-12(9-17)10-18-16(11)13-3-4-14-15(8-13)20-6-2-5-19-14/h3-4,7-8,10H,2,5-6H2,1H3. The zero-order valence-corrected chi connectivity index (χ0v) is 11.2. The predicted octanol–water partition coefficient (Wildman–Crippen LogP) is 3.09. The summed E-state index contributed by atoms with van der Waals surface area (Å²) < 4.78 is 11.3. The van der Waals surface area contributed by atoms with Crippen LogP contribution in [0.1, 0.15) is 17.5 Å². The zero-order chi connectivity index (χ0) is 13.9. The quantitative estimate of drug-likeness (QED) is 0.796. The molecule has 2 heterocycles. The van der Waals surface area contributed by atoms with Crippen LogP contribution in [0.3, 0.4) is 0 Å². The first-order chi connectivity index (χ1) is 9.78. The second-order valence-corrected chi connectivity index (χ2v) is 4.71. The molecule has 0 amide bonds. The van der Waals surface area contributed by atoms with Crippen molar-refractivity contribution in [1.29, 1.82) is 5.26 Å². The molecule has 100 valence electrons. The molecule has 0 unspecified atom stereocenters. The van der Waals surface area contributed by atoms with Crippen molar-refractivity contribution in [2.24, 2.45) is 0 Å². The normalized spacial score (nSPS) is 13.4. The fraction of sp³-hybridized carbons (Fsp3) is 0.250. The first kappa shape index (κ1) is 12.5. The molecule has 4 nitrogen and oxygen atoms in total. The molecule has 3 rings (SSSR count). The van der Waals surface area contributed by atoms with Crippen molar-refractivity contribution in [2.45, 2.75) is 13.3 Å². The molecule has 0 saturated heterocycles. The summed E-state index contributed by atoms with van der Waals surface area (Å²) >= 11 is 0. The van der Waals surface area contributed by atoms with Crippen molar-refractivity contribution in [2.75, 3.05) is 13.2 Å². The third kappa shape index (κ3) is 2.30. The van der Waals surface area contributed by atoms with Crippen molar-refractivity contribution in [3.8, 4) is 28.8 Å². The number of aryl methyl sites for hydroxylation is 1. The number of nitrogens with zero attached hydrogens (tertiary/aromatic N) is 2. The van der Waals surface area contributed by atoms with Gasteiger partial charge in [-0.05, 0) is 36.8 Å². The summed E-state index contributed by atoms with van der Waals surface area (Å²) in [6.45, 7) is 3.29. The molecular formula is C16H14N2O2. The maximum atomic E-state index is 8.89. The lowest BCUT2D eigenvalue weighted by Gasteiger charge is -2.10. The van der Waals surface area contributed by atoms with Crippen LogP contribution in [-0.4, -0.2) is 18.2 Å². The van der Waals surface area contributed by atoms with Crippen LogP contribution in [0.15, 0.2) is 30.5 Å². The second kappa shape index (κ2) is 5.22. The van der Waals surface area contributed by atoms with E-state index in [1.807, 2.05) is 31.2 Å². The summed E-state index contributed by atoms with van der Waals surface area (Å²) in [7, 11) is 0. The van der Waals surface area contributed by atoms with E-state index in [9.17, 15) is 0 Å². The van der Waals surface area contributed by atoms with Gasteiger partial charge < -0.3 is 9.47 Å². The van der Waals surface area contributed by atoms with Gasteiger partial charge in [0.05, 0.1) is 24.5 Å². The van der Waals surface area contributed by atoms with E-state index in [2.05, 4.69) is 11.1 Å². The van der Waals surface area contributed by atoms with Crippen molar-refractivity contribution in [3.63, 3.8) is 0 Å². The minimum absolute atomic E-state index is 0.570. The van der Waals surface area contributed by atoms with Crippen LogP contribution < -0.4 is 9.47 Å². The van der Waals surface area contributed by atoms with Crippen LogP contribution >= 0.6 is 0 Å². The lowest BCUT2D eigenvalue weighted by Crippen LogP contribution is -1.97. The summed E-state index contributed by atoms with van der Waals surface area (Å²) in [5.74, 6) is 1.53. The van der Waals surface area contributed by atoms with E-state index in [0.717, 1.165) is 34.7 Å². The summed E-state index contributed by atoms with van der Waals surface area (Å²) in [6.07, 6.45) is 2.48. The summed E-state index contributed by atoms with van der Waals surface area (Å²) in [5, 5.41) is 8.89. The van der Waals surface area contributed by atoms with Gasteiger partial charge in [-0.3, -0.25) is 4.98 Å². The number of aromatic nitrogens is 1. The zero-order valence-electron chi connectivity index (χ0n) is 11.2. The number of hydrogen-bond acceptors (Lipinski definition) is 4. The maximum absolute atomic E-state index is 8.89. The second-order valence-electron chi connectivity index (χ2n) is 4.71. The SMILES string of the molecule is Cc1cc(C#N)cnc1-c1ccc2c(c1)OCCCO2. The minimum atomic E-state index is 0.570. The van der Waals surface area contributed by atoms with Crippen molar-refractivity contribution >= 4 is 0 Å². The Morgan fingerprint density at radius 3 is 2.70 bits per heavy atom. The van der Waals surface area contributed by atoms with E-state index >= 15 is 0 Å². The lowest BCUT2D eigenvalue weighted by atomic mass is 10.0. The average molecular weight is 266 g/mol. The van der Waals surface area contributed by atoms with Gasteiger partial charge in [-0.1, -0.05) is 0 Å². The molecule has 2 aromatic rings. The number of rotatable bonds is 1. The Bertz CT molecular complexity index is 689. The largest absolute Gasteiger partial charge is 0.490 e. The third-order valence-corrected chi connectivity index (χ3v) is 3.23. The van der Waals surface area contributed by atoms with Gasteiger partial charge in [0.25, 0.3) is 0 Å². The summed E-state index contributed by atoms with van der Waals surface area (Å²) in [5.41, 5.74) is 3.37. The van der Waals surface area contributed by atoms with E-state index < -0.39 is 0 Å². The molecule has 0 atom stereocenters. The number of fused-ring (bicyclic) bond motifs is 1. The van der Waals surface area contributed by atoms with Crippen LogP contribution in [-0.2, 0) is 0 Å². The van der Waals surface area contributed by atoms with Gasteiger partial charge in [-0.2, -0.15) is 5.26 Å². The number of ether oxygens (including phenoxy) is 2. The number of hydrogen-bond donors (Lipinski definition) is 0. The van der Waals surface area contributed by atoms with Gasteiger partial charge in [0, 0.05) is 18.2 Å². The Labute approximate surface area is 117 Å². The molecule has 1 aromatic heterocycles. The molecule has 20 heavy (non-hydrogen) atoms. The molecule has 0 saturated carbocycles. The molecule has 1 aliphatic heterocycles. The predicted molar refractivity (Wildman–Crippen MR) is 74.7 cm³/mol. The maximum Gasteiger partial charge on any atom is 0.161 e. The molecular weight excluding hydrogens is 252 g/mol. The van der Waals surface area contributed by atoms with Crippen molar-refractivity contribution in [1.82, 2.24) is 4.98 Å². The summed E-state index contributed by atoms with van der Waals surface area (Å²) in [6, 6.07) is 9.76. The summed E-state index contributed by atoms with van der Waals surface area (Å²) in [4.78, 5) is 4.37. The molecule has 0 N–H and O–H groups in total. The molecule has 0 bridgehead atoms. The molecule has 0 aliphatic carbocycles. The highest BCUT2D eigenvalue weighted by Gasteiger charge is 2.13. The molecule has 4 heteroatoms. The Morgan fingerprint density at radius 1 is 1.15 bits per heavy atom. The van der Waals surface area contributed by atoms with Crippen LogP contribution in [0.2, 0.25) is 0 Å². The van der Waals surface area contributed by atoms with E-state index in [1.165, 1.54) is 0 Å². The van der Waals surface area contributed by atoms with E-state index in [0.29, 0.717) is 18.8 Å². The topological polar surface area (TPSA) is 55.1 Å². The third-order valence-electron chi connectivity index (χ3n) is 3.23. The monoisotopic (exact) mass is 266 g/mol. The van der Waals surface area contributed by atoms with Crippen molar-refractivity contribution in [3.05, 3.63) is 41.6 Å². The molecule has 0 fully saturated rings. The Balaban J connectivity index is 2.03. The van der Waals surface area contributed by atoms with Gasteiger partial charge >= 0.3 is 0 Å². The van der Waals surface area contributed by atoms with Crippen LogP contribution in [0.5, 0.6) is 11.5 Å². The molecule has 0 spiro atoms. The van der Waals surface area contributed by atoms with Crippen LogP contribution in [0, 0.1) is 18.3 Å². The van der Waals surface area contributed by atoms with Gasteiger partial charge in [0.1, 0.15) is 6.07 Å². The fourth-order valence-electron chi connectivity index (χ4n) is 2.25. The molecule has 1 aliphatic rings. The lowest BCUT2D eigenvalue weighted by molar-refractivity contribution is 0.297. The Morgan fingerprint density at radius 2 is 1.95 bits per heavy atom. The van der Waals surface area contributed by atoms with E-state index in [-0.39, 0.29) is 0 Å². The Kier molecular flexibility index (Phi) is 3.26. The Hall–Kier alpha value is -2.54. The highest BCUT2D eigenvalue weighted by Crippen LogP contribution is 2.34. The number of nitriles is 1. The highest BCUT2D eigenvalue weighted by molar-refractivity contribution is 5.67. The van der Waals surface area contributed by atoms with Gasteiger partial charge in [0.2, 0.25) is 0 Å². The van der Waals surface area contributed by atoms with Crippen LogP contribution in [0.4, 0.5) is 0 Å². The van der Waals surface area contributed by atoms with Gasteiger partial charge in [-0.25, -0.2) is 0 Å². The molecule has 1 aromatic carbocycles.